The van der Waals surface area contributed by atoms with Crippen LogP contribution >= 0.6 is 0 Å². The summed E-state index contributed by atoms with van der Waals surface area (Å²) in [6.45, 7) is 11.8. The Morgan fingerprint density at radius 3 is 2.40 bits per heavy atom. The molecule has 0 bridgehead atoms. The van der Waals surface area contributed by atoms with Gasteiger partial charge >= 0.3 is 0 Å². The Balaban J connectivity index is 1.70. The van der Waals surface area contributed by atoms with Gasteiger partial charge in [0.15, 0.2) is 0 Å². The molecule has 0 aromatic heterocycles. The molecule has 2 aromatic rings. The predicted octanol–water partition coefficient (Wildman–Crippen LogP) is 4.41. The molecule has 1 aliphatic heterocycles. The molecule has 7 nitrogen and oxygen atoms in total. The SMILES string of the molecule is CC(C)CNC(=O)[C@@H]1CCCN(C(=O)c2cccc(NS(=O)(=O)c3ccc(C(C)(C)C)cc3)c2)C1. The Labute approximate surface area is 209 Å². The van der Waals surface area contributed by atoms with Gasteiger partial charge in [0.25, 0.3) is 15.9 Å². The van der Waals surface area contributed by atoms with Gasteiger partial charge < -0.3 is 10.2 Å². The third-order valence-corrected chi connectivity index (χ3v) is 7.55. The number of nitrogens with one attached hydrogen (secondary N) is 2. The summed E-state index contributed by atoms with van der Waals surface area (Å²) in [6.07, 6.45) is 1.50. The Bertz CT molecular complexity index is 1150. The van der Waals surface area contributed by atoms with E-state index in [-0.39, 0.29) is 28.0 Å². The number of nitrogens with zero attached hydrogens (tertiary/aromatic N) is 1. The third-order valence-electron chi connectivity index (χ3n) is 6.16. The summed E-state index contributed by atoms with van der Waals surface area (Å²) >= 11 is 0. The maximum absolute atomic E-state index is 13.2. The van der Waals surface area contributed by atoms with Gasteiger partial charge in [-0.05, 0) is 60.1 Å². The molecule has 0 aliphatic carbocycles. The highest BCUT2D eigenvalue weighted by Gasteiger charge is 2.29. The number of carbonyl (C=O) groups is 2. The van der Waals surface area contributed by atoms with E-state index in [0.717, 1.165) is 18.4 Å². The summed E-state index contributed by atoms with van der Waals surface area (Å²) in [4.78, 5) is 27.5. The number of sulfonamides is 1. The van der Waals surface area contributed by atoms with Crippen LogP contribution in [0.25, 0.3) is 0 Å². The number of rotatable bonds is 7. The zero-order valence-corrected chi connectivity index (χ0v) is 22.1. The van der Waals surface area contributed by atoms with Crippen molar-refractivity contribution in [3.63, 3.8) is 0 Å². The van der Waals surface area contributed by atoms with E-state index in [2.05, 4.69) is 30.8 Å². The van der Waals surface area contributed by atoms with Gasteiger partial charge in [-0.3, -0.25) is 14.3 Å². The Morgan fingerprint density at radius 2 is 1.77 bits per heavy atom. The van der Waals surface area contributed by atoms with E-state index < -0.39 is 10.0 Å². The molecule has 2 amide bonds. The first-order chi connectivity index (χ1) is 16.4. The molecule has 1 aliphatic rings. The maximum Gasteiger partial charge on any atom is 0.261 e. The van der Waals surface area contributed by atoms with Gasteiger partial charge in [0.1, 0.15) is 0 Å². The predicted molar refractivity (Wildman–Crippen MR) is 139 cm³/mol. The highest BCUT2D eigenvalue weighted by Crippen LogP contribution is 2.25. The lowest BCUT2D eigenvalue weighted by Gasteiger charge is -2.32. The first kappa shape index (κ1) is 26.7. The summed E-state index contributed by atoms with van der Waals surface area (Å²) in [5.74, 6) is -0.0930. The average Bonchev–Trinajstić information content (AvgIpc) is 2.81. The molecule has 190 valence electrons. The quantitative estimate of drug-likeness (QED) is 0.590. The van der Waals surface area contributed by atoms with E-state index in [1.807, 2.05) is 26.0 Å². The van der Waals surface area contributed by atoms with Crippen molar-refractivity contribution in [3.05, 3.63) is 59.7 Å². The van der Waals surface area contributed by atoms with Crippen molar-refractivity contribution in [2.75, 3.05) is 24.4 Å². The van der Waals surface area contributed by atoms with Crippen molar-refractivity contribution in [1.82, 2.24) is 10.2 Å². The van der Waals surface area contributed by atoms with Crippen LogP contribution in [0.3, 0.4) is 0 Å². The fourth-order valence-corrected chi connectivity index (χ4v) is 5.12. The molecule has 0 spiro atoms. The summed E-state index contributed by atoms with van der Waals surface area (Å²) in [6, 6.07) is 13.3. The van der Waals surface area contributed by atoms with Gasteiger partial charge in [-0.25, -0.2) is 8.42 Å². The molecule has 8 heteroatoms. The number of benzene rings is 2. The molecule has 2 N–H and O–H groups in total. The summed E-state index contributed by atoms with van der Waals surface area (Å²) in [5, 5.41) is 2.96. The highest BCUT2D eigenvalue weighted by molar-refractivity contribution is 7.92. The van der Waals surface area contributed by atoms with Crippen molar-refractivity contribution < 1.29 is 18.0 Å². The molecule has 0 saturated carbocycles. The smallest absolute Gasteiger partial charge is 0.261 e. The van der Waals surface area contributed by atoms with Gasteiger partial charge in [-0.1, -0.05) is 52.8 Å². The van der Waals surface area contributed by atoms with Gasteiger partial charge in [-0.15, -0.1) is 0 Å². The molecular weight excluding hydrogens is 462 g/mol. The standard InChI is InChI=1S/C27H37N3O4S/c1-19(2)17-28-25(31)21-9-7-15-30(18-21)26(32)20-8-6-10-23(16-20)29-35(33,34)24-13-11-22(12-14-24)27(3,4)5/h6,8,10-14,16,19,21,29H,7,9,15,17-18H2,1-5H3,(H,28,31)/t21-/m1/s1. The number of piperidine rings is 1. The Hall–Kier alpha value is -2.87. The van der Waals surface area contributed by atoms with E-state index >= 15 is 0 Å². The topological polar surface area (TPSA) is 95.6 Å². The number of amides is 2. The highest BCUT2D eigenvalue weighted by atomic mass is 32.2. The lowest BCUT2D eigenvalue weighted by Crippen LogP contribution is -2.46. The van der Waals surface area contributed by atoms with Crippen molar-refractivity contribution in [2.24, 2.45) is 11.8 Å². The maximum atomic E-state index is 13.2. The molecule has 1 atom stereocenters. The summed E-state index contributed by atoms with van der Waals surface area (Å²) < 4.78 is 28.4. The molecule has 2 aromatic carbocycles. The molecule has 0 radical (unpaired) electrons. The van der Waals surface area contributed by atoms with Crippen LogP contribution in [-0.4, -0.2) is 44.8 Å². The van der Waals surface area contributed by atoms with Crippen LogP contribution in [0.4, 0.5) is 5.69 Å². The summed E-state index contributed by atoms with van der Waals surface area (Å²) in [7, 11) is -3.80. The monoisotopic (exact) mass is 499 g/mol. The van der Waals surface area contributed by atoms with Gasteiger partial charge in [-0.2, -0.15) is 0 Å². The second-order valence-corrected chi connectivity index (χ2v) is 12.4. The second-order valence-electron chi connectivity index (χ2n) is 10.7. The minimum absolute atomic E-state index is 0.0183. The fraction of sp³-hybridized carbons (Fsp3) is 0.481. The number of hydrogen-bond acceptors (Lipinski definition) is 4. The Kier molecular flexibility index (Phi) is 8.26. The van der Waals surface area contributed by atoms with E-state index in [4.69, 9.17) is 0 Å². The van der Waals surface area contributed by atoms with E-state index in [9.17, 15) is 18.0 Å². The van der Waals surface area contributed by atoms with Crippen LogP contribution in [0.5, 0.6) is 0 Å². The molecule has 1 heterocycles. The zero-order valence-electron chi connectivity index (χ0n) is 21.3. The lowest BCUT2D eigenvalue weighted by molar-refractivity contribution is -0.126. The number of hydrogen-bond donors (Lipinski definition) is 2. The molecule has 35 heavy (non-hydrogen) atoms. The largest absolute Gasteiger partial charge is 0.356 e. The van der Waals surface area contributed by atoms with Gasteiger partial charge in [0.05, 0.1) is 10.8 Å². The van der Waals surface area contributed by atoms with E-state index in [1.165, 1.54) is 0 Å². The second kappa shape index (κ2) is 10.8. The van der Waals surface area contributed by atoms with Crippen molar-refractivity contribution in [3.8, 4) is 0 Å². The average molecular weight is 500 g/mol. The number of likely N-dealkylation sites (tertiary alicyclic amines) is 1. The Morgan fingerprint density at radius 1 is 1.09 bits per heavy atom. The van der Waals surface area contributed by atoms with Crippen molar-refractivity contribution in [1.29, 1.82) is 0 Å². The van der Waals surface area contributed by atoms with Crippen LogP contribution in [0.2, 0.25) is 0 Å². The number of anilines is 1. The van der Waals surface area contributed by atoms with Crippen LogP contribution in [0.15, 0.2) is 53.4 Å². The van der Waals surface area contributed by atoms with Crippen LogP contribution in [0, 0.1) is 11.8 Å². The number of carbonyl (C=O) groups excluding carboxylic acids is 2. The minimum Gasteiger partial charge on any atom is -0.356 e. The zero-order chi connectivity index (χ0) is 25.8. The fourth-order valence-electron chi connectivity index (χ4n) is 4.07. The molecule has 1 saturated heterocycles. The van der Waals surface area contributed by atoms with Crippen LogP contribution in [-0.2, 0) is 20.2 Å². The van der Waals surface area contributed by atoms with Crippen molar-refractivity contribution >= 4 is 27.5 Å². The van der Waals surface area contributed by atoms with Gasteiger partial charge in [0.2, 0.25) is 5.91 Å². The third kappa shape index (κ3) is 7.07. The lowest BCUT2D eigenvalue weighted by atomic mass is 9.87. The van der Waals surface area contributed by atoms with Crippen LogP contribution in [0.1, 0.15) is 63.4 Å². The first-order valence-corrected chi connectivity index (χ1v) is 13.7. The normalized spacial score (nSPS) is 16.7. The molecule has 1 fully saturated rings. The van der Waals surface area contributed by atoms with Crippen molar-refractivity contribution in [2.45, 2.75) is 57.8 Å². The molecule has 0 unspecified atom stereocenters. The van der Waals surface area contributed by atoms with E-state index in [1.54, 1.807) is 41.3 Å². The van der Waals surface area contributed by atoms with Gasteiger partial charge in [0, 0.05) is 30.9 Å². The first-order valence-electron chi connectivity index (χ1n) is 12.2. The minimum atomic E-state index is -3.80. The van der Waals surface area contributed by atoms with E-state index in [0.29, 0.717) is 36.8 Å². The van der Waals surface area contributed by atoms with Crippen LogP contribution < -0.4 is 10.0 Å². The molecular formula is C27H37N3O4S. The summed E-state index contributed by atoms with van der Waals surface area (Å²) in [5.41, 5.74) is 1.67. The molecule has 3 rings (SSSR count).